The van der Waals surface area contributed by atoms with Gasteiger partial charge in [0.1, 0.15) is 5.76 Å². The van der Waals surface area contributed by atoms with Crippen LogP contribution in [0.4, 0.5) is 0 Å². The Balaban J connectivity index is 2.18. The van der Waals surface area contributed by atoms with E-state index in [2.05, 4.69) is 0 Å². The molecule has 1 fully saturated rings. The van der Waals surface area contributed by atoms with Crippen molar-refractivity contribution in [3.63, 3.8) is 0 Å². The number of ketones is 1. The molecular formula is C20H19NO4. The summed E-state index contributed by atoms with van der Waals surface area (Å²) in [6, 6.07) is 15.4. The number of aliphatic hydroxyl groups excluding tert-OH is 2. The molecule has 1 heterocycles. The molecule has 0 unspecified atom stereocenters. The molecule has 5 nitrogen and oxygen atoms in total. The van der Waals surface area contributed by atoms with E-state index < -0.39 is 17.7 Å². The lowest BCUT2D eigenvalue weighted by atomic mass is 9.95. The molecule has 0 bridgehead atoms. The van der Waals surface area contributed by atoms with Crippen LogP contribution in [0, 0.1) is 6.92 Å². The number of benzene rings is 2. The van der Waals surface area contributed by atoms with Gasteiger partial charge in [0, 0.05) is 12.1 Å². The van der Waals surface area contributed by atoms with E-state index >= 15 is 0 Å². The Kier molecular flexibility index (Phi) is 4.67. The van der Waals surface area contributed by atoms with Crippen LogP contribution in [-0.2, 0) is 9.59 Å². The average molecular weight is 337 g/mol. The highest BCUT2D eigenvalue weighted by molar-refractivity contribution is 6.46. The largest absolute Gasteiger partial charge is 0.507 e. The van der Waals surface area contributed by atoms with Crippen molar-refractivity contribution >= 4 is 17.4 Å². The van der Waals surface area contributed by atoms with Gasteiger partial charge < -0.3 is 15.1 Å². The predicted octanol–water partition coefficient (Wildman–Crippen LogP) is 2.41. The molecule has 1 aliphatic heterocycles. The third-order valence-electron chi connectivity index (χ3n) is 4.32. The molecule has 0 aliphatic carbocycles. The average Bonchev–Trinajstić information content (AvgIpc) is 2.88. The minimum atomic E-state index is -0.736. The number of Topliss-reactive ketones (excluding diaryl/α,β-unsaturated/α-hetero) is 1. The lowest BCUT2D eigenvalue weighted by Crippen LogP contribution is -2.32. The smallest absolute Gasteiger partial charge is 0.295 e. The molecule has 128 valence electrons. The summed E-state index contributed by atoms with van der Waals surface area (Å²) in [5, 5.41) is 20.0. The minimum Gasteiger partial charge on any atom is -0.507 e. The van der Waals surface area contributed by atoms with Gasteiger partial charge in [-0.1, -0.05) is 60.2 Å². The Bertz CT molecular complexity index is 825. The van der Waals surface area contributed by atoms with E-state index in [1.54, 1.807) is 30.3 Å². The molecule has 25 heavy (non-hydrogen) atoms. The van der Waals surface area contributed by atoms with Crippen LogP contribution in [0.2, 0.25) is 0 Å². The molecule has 3 rings (SSSR count). The first-order valence-electron chi connectivity index (χ1n) is 8.06. The third-order valence-corrected chi connectivity index (χ3v) is 4.32. The highest BCUT2D eigenvalue weighted by Crippen LogP contribution is 2.39. The number of aliphatic hydroxyl groups is 2. The molecule has 0 aromatic heterocycles. The maximum atomic E-state index is 12.6. The van der Waals surface area contributed by atoms with Gasteiger partial charge >= 0.3 is 0 Å². The van der Waals surface area contributed by atoms with Crippen LogP contribution in [-0.4, -0.2) is 40.0 Å². The minimum absolute atomic E-state index is 0.0225. The molecule has 1 amide bonds. The fourth-order valence-corrected chi connectivity index (χ4v) is 3.07. The molecule has 2 aromatic rings. The molecular weight excluding hydrogens is 318 g/mol. The van der Waals surface area contributed by atoms with Gasteiger partial charge in [0.15, 0.2) is 0 Å². The number of amides is 1. The van der Waals surface area contributed by atoms with Gasteiger partial charge in [-0.2, -0.15) is 0 Å². The van der Waals surface area contributed by atoms with Crippen LogP contribution in [0.1, 0.15) is 22.7 Å². The van der Waals surface area contributed by atoms with Crippen molar-refractivity contribution in [1.82, 2.24) is 4.90 Å². The Morgan fingerprint density at radius 3 is 2.28 bits per heavy atom. The SMILES string of the molecule is Cc1ccc([C@H]2/C(=C(\O)c3ccccc3)C(=O)C(=O)N2CCO)cc1. The molecule has 2 N–H and O–H groups in total. The molecule has 0 spiro atoms. The van der Waals surface area contributed by atoms with E-state index in [-0.39, 0.29) is 24.5 Å². The standard InChI is InChI=1S/C20H19NO4/c1-13-7-9-14(10-8-13)17-16(18(23)15-5-3-2-4-6-15)19(24)20(25)21(17)11-12-22/h2-10,17,22-23H,11-12H2,1H3/b18-16+/t17-/m0/s1. The zero-order chi connectivity index (χ0) is 18.0. The summed E-state index contributed by atoms with van der Waals surface area (Å²) in [6.45, 7) is 1.70. The Hall–Kier alpha value is -2.92. The fraction of sp³-hybridized carbons (Fsp3) is 0.200. The van der Waals surface area contributed by atoms with Gasteiger partial charge in [0.25, 0.3) is 11.7 Å². The predicted molar refractivity (Wildman–Crippen MR) is 93.7 cm³/mol. The molecule has 1 atom stereocenters. The van der Waals surface area contributed by atoms with Crippen molar-refractivity contribution in [2.24, 2.45) is 0 Å². The number of carbonyl (C=O) groups is 2. The quantitative estimate of drug-likeness (QED) is 0.510. The molecule has 5 heteroatoms. The van der Waals surface area contributed by atoms with Crippen molar-refractivity contribution in [2.75, 3.05) is 13.2 Å². The number of hydrogen-bond acceptors (Lipinski definition) is 4. The first-order valence-corrected chi connectivity index (χ1v) is 8.06. The van der Waals surface area contributed by atoms with Crippen LogP contribution in [0.25, 0.3) is 5.76 Å². The number of carbonyl (C=O) groups excluding carboxylic acids is 2. The van der Waals surface area contributed by atoms with Gasteiger partial charge in [-0.05, 0) is 12.5 Å². The zero-order valence-corrected chi connectivity index (χ0v) is 13.8. The van der Waals surface area contributed by atoms with Gasteiger partial charge in [-0.25, -0.2) is 0 Å². The summed E-state index contributed by atoms with van der Waals surface area (Å²) in [5.41, 5.74) is 2.29. The second kappa shape index (κ2) is 6.91. The molecule has 1 saturated heterocycles. The first kappa shape index (κ1) is 16.9. The van der Waals surface area contributed by atoms with Crippen molar-refractivity contribution in [2.45, 2.75) is 13.0 Å². The normalized spacial score (nSPS) is 19.4. The second-order valence-corrected chi connectivity index (χ2v) is 5.99. The lowest BCUT2D eigenvalue weighted by molar-refractivity contribution is -0.140. The monoisotopic (exact) mass is 337 g/mol. The molecule has 2 aromatic carbocycles. The van der Waals surface area contributed by atoms with E-state index in [0.717, 1.165) is 11.1 Å². The van der Waals surface area contributed by atoms with Crippen LogP contribution in [0.5, 0.6) is 0 Å². The highest BCUT2D eigenvalue weighted by Gasteiger charge is 2.45. The number of rotatable bonds is 4. The maximum absolute atomic E-state index is 12.6. The highest BCUT2D eigenvalue weighted by atomic mass is 16.3. The summed E-state index contributed by atoms with van der Waals surface area (Å²) in [6.07, 6.45) is 0. The maximum Gasteiger partial charge on any atom is 0.295 e. The summed E-state index contributed by atoms with van der Waals surface area (Å²) in [4.78, 5) is 26.3. The summed E-state index contributed by atoms with van der Waals surface area (Å²) in [5.74, 6) is -1.65. The van der Waals surface area contributed by atoms with Gasteiger partial charge in [0.05, 0.1) is 18.2 Å². The summed E-state index contributed by atoms with van der Waals surface area (Å²) in [7, 11) is 0. The van der Waals surface area contributed by atoms with Gasteiger partial charge in [-0.3, -0.25) is 9.59 Å². The lowest BCUT2D eigenvalue weighted by Gasteiger charge is -2.24. The van der Waals surface area contributed by atoms with Crippen LogP contribution in [0.3, 0.4) is 0 Å². The Morgan fingerprint density at radius 1 is 1.04 bits per heavy atom. The number of nitrogens with zero attached hydrogens (tertiary/aromatic N) is 1. The van der Waals surface area contributed by atoms with Gasteiger partial charge in [-0.15, -0.1) is 0 Å². The third kappa shape index (κ3) is 3.06. The van der Waals surface area contributed by atoms with Gasteiger partial charge in [0.2, 0.25) is 0 Å². The second-order valence-electron chi connectivity index (χ2n) is 5.99. The Labute approximate surface area is 145 Å². The number of likely N-dealkylation sites (tertiary alicyclic amines) is 1. The fourth-order valence-electron chi connectivity index (χ4n) is 3.07. The summed E-state index contributed by atoms with van der Waals surface area (Å²) >= 11 is 0. The van der Waals surface area contributed by atoms with Crippen LogP contribution < -0.4 is 0 Å². The van der Waals surface area contributed by atoms with Crippen molar-refractivity contribution in [1.29, 1.82) is 0 Å². The summed E-state index contributed by atoms with van der Waals surface area (Å²) < 4.78 is 0. The van der Waals surface area contributed by atoms with E-state index in [1.807, 2.05) is 31.2 Å². The topological polar surface area (TPSA) is 77.8 Å². The van der Waals surface area contributed by atoms with Crippen molar-refractivity contribution in [3.05, 3.63) is 76.9 Å². The number of aryl methyl sites for hydroxylation is 1. The first-order chi connectivity index (χ1) is 12.0. The van der Waals surface area contributed by atoms with E-state index in [4.69, 9.17) is 0 Å². The zero-order valence-electron chi connectivity index (χ0n) is 13.8. The Morgan fingerprint density at radius 2 is 1.68 bits per heavy atom. The van der Waals surface area contributed by atoms with Crippen molar-refractivity contribution in [3.8, 4) is 0 Å². The van der Waals surface area contributed by atoms with Crippen LogP contribution >= 0.6 is 0 Å². The van der Waals surface area contributed by atoms with Crippen molar-refractivity contribution < 1.29 is 19.8 Å². The molecule has 0 saturated carbocycles. The van der Waals surface area contributed by atoms with Crippen LogP contribution in [0.15, 0.2) is 60.2 Å². The molecule has 0 radical (unpaired) electrons. The van der Waals surface area contributed by atoms with E-state index in [0.29, 0.717) is 5.56 Å². The van der Waals surface area contributed by atoms with E-state index in [1.165, 1.54) is 4.90 Å². The number of hydrogen-bond donors (Lipinski definition) is 2. The van der Waals surface area contributed by atoms with E-state index in [9.17, 15) is 19.8 Å². The number of β-amino-alcohol motifs (C(OH)–C–C–N with tert-alkyl or cyclic N) is 1. The molecule has 1 aliphatic rings.